The van der Waals surface area contributed by atoms with Crippen molar-refractivity contribution in [1.29, 1.82) is 0 Å². The summed E-state index contributed by atoms with van der Waals surface area (Å²) in [5, 5.41) is 3.11. The van der Waals surface area contributed by atoms with Gasteiger partial charge in [-0.1, -0.05) is 37.3 Å². The standard InChI is InChI=1S/C27H37N3O2/c1-2-30-17-6-9-24(30)21-28-27(31)23-10-12-25(13-11-23)32-26-15-19-29(20-16-26)18-14-22-7-4-3-5-8-22/h3-5,7-8,10-13,24,26H,2,6,9,14-21H2,1H3,(H,28,31)/t24-/m0/s1. The third kappa shape index (κ3) is 6.33. The molecule has 2 aromatic carbocycles. The Kier molecular flexibility index (Phi) is 8.18. The minimum Gasteiger partial charge on any atom is -0.490 e. The van der Waals surface area contributed by atoms with Gasteiger partial charge >= 0.3 is 0 Å². The van der Waals surface area contributed by atoms with Crippen LogP contribution in [0.15, 0.2) is 54.6 Å². The normalized spacial score (nSPS) is 20.3. The van der Waals surface area contributed by atoms with Crippen LogP contribution in [0.2, 0.25) is 0 Å². The lowest BCUT2D eigenvalue weighted by atomic mass is 10.1. The molecule has 5 heteroatoms. The van der Waals surface area contributed by atoms with Crippen molar-refractivity contribution in [1.82, 2.24) is 15.1 Å². The van der Waals surface area contributed by atoms with E-state index in [0.29, 0.717) is 11.6 Å². The average molecular weight is 436 g/mol. The van der Waals surface area contributed by atoms with Gasteiger partial charge in [0.05, 0.1) is 0 Å². The van der Waals surface area contributed by atoms with Gasteiger partial charge in [-0.3, -0.25) is 9.69 Å². The molecular formula is C27H37N3O2. The largest absolute Gasteiger partial charge is 0.490 e. The lowest BCUT2D eigenvalue weighted by molar-refractivity contribution is 0.0940. The van der Waals surface area contributed by atoms with E-state index in [4.69, 9.17) is 4.74 Å². The highest BCUT2D eigenvalue weighted by Gasteiger charge is 2.23. The summed E-state index contributed by atoms with van der Waals surface area (Å²) in [4.78, 5) is 17.5. The van der Waals surface area contributed by atoms with Gasteiger partial charge in [0, 0.05) is 37.8 Å². The van der Waals surface area contributed by atoms with Gasteiger partial charge in [0.15, 0.2) is 0 Å². The van der Waals surface area contributed by atoms with Gasteiger partial charge in [-0.2, -0.15) is 0 Å². The molecule has 2 fully saturated rings. The molecule has 2 heterocycles. The van der Waals surface area contributed by atoms with Crippen molar-refractivity contribution in [3.63, 3.8) is 0 Å². The Morgan fingerprint density at radius 1 is 1.00 bits per heavy atom. The monoisotopic (exact) mass is 435 g/mol. The molecule has 5 nitrogen and oxygen atoms in total. The number of rotatable bonds is 9. The number of amides is 1. The van der Waals surface area contributed by atoms with E-state index in [1.165, 1.54) is 18.4 Å². The molecule has 1 atom stereocenters. The SMILES string of the molecule is CCN1CCC[C@H]1CNC(=O)c1ccc(OC2CCN(CCc3ccccc3)CC2)cc1. The highest BCUT2D eigenvalue weighted by molar-refractivity contribution is 5.94. The van der Waals surface area contributed by atoms with Crippen LogP contribution < -0.4 is 10.1 Å². The molecule has 1 N–H and O–H groups in total. The van der Waals surface area contributed by atoms with Crippen molar-refractivity contribution in [3.05, 3.63) is 65.7 Å². The Bertz CT molecular complexity index is 832. The van der Waals surface area contributed by atoms with E-state index < -0.39 is 0 Å². The second kappa shape index (κ2) is 11.5. The van der Waals surface area contributed by atoms with Crippen LogP contribution in [0.3, 0.4) is 0 Å². The molecule has 32 heavy (non-hydrogen) atoms. The summed E-state index contributed by atoms with van der Waals surface area (Å²) < 4.78 is 6.21. The minimum atomic E-state index is 0.00577. The maximum Gasteiger partial charge on any atom is 0.251 e. The first-order chi connectivity index (χ1) is 15.7. The minimum absolute atomic E-state index is 0.00577. The smallest absolute Gasteiger partial charge is 0.251 e. The zero-order valence-electron chi connectivity index (χ0n) is 19.3. The number of hydrogen-bond donors (Lipinski definition) is 1. The average Bonchev–Trinajstić information content (AvgIpc) is 3.31. The fourth-order valence-electron chi connectivity index (χ4n) is 4.92. The molecule has 2 aliphatic rings. The number of ether oxygens (including phenoxy) is 1. The Labute approximate surface area is 192 Å². The topological polar surface area (TPSA) is 44.8 Å². The third-order valence-corrected chi connectivity index (χ3v) is 6.92. The van der Waals surface area contributed by atoms with Crippen molar-refractivity contribution in [2.75, 3.05) is 39.3 Å². The molecule has 2 aromatic rings. The number of piperidine rings is 1. The molecule has 2 saturated heterocycles. The van der Waals surface area contributed by atoms with E-state index in [2.05, 4.69) is 52.4 Å². The highest BCUT2D eigenvalue weighted by atomic mass is 16.5. The lowest BCUT2D eigenvalue weighted by Crippen LogP contribution is -2.40. The van der Waals surface area contributed by atoms with E-state index in [9.17, 15) is 4.79 Å². The zero-order valence-corrected chi connectivity index (χ0v) is 19.3. The first kappa shape index (κ1) is 22.8. The lowest BCUT2D eigenvalue weighted by Gasteiger charge is -2.32. The molecule has 0 unspecified atom stereocenters. The van der Waals surface area contributed by atoms with Crippen LogP contribution in [0.1, 0.15) is 48.5 Å². The summed E-state index contributed by atoms with van der Waals surface area (Å²) in [6, 6.07) is 18.8. The van der Waals surface area contributed by atoms with Crippen molar-refractivity contribution in [2.24, 2.45) is 0 Å². The number of likely N-dealkylation sites (N-methyl/N-ethyl adjacent to an activating group) is 1. The van der Waals surface area contributed by atoms with Crippen molar-refractivity contribution < 1.29 is 9.53 Å². The van der Waals surface area contributed by atoms with Crippen molar-refractivity contribution >= 4 is 5.91 Å². The van der Waals surface area contributed by atoms with E-state index in [-0.39, 0.29) is 12.0 Å². The first-order valence-corrected chi connectivity index (χ1v) is 12.3. The number of nitrogens with zero attached hydrogens (tertiary/aromatic N) is 2. The molecular weight excluding hydrogens is 398 g/mol. The maximum atomic E-state index is 12.5. The second-order valence-corrected chi connectivity index (χ2v) is 9.05. The summed E-state index contributed by atoms with van der Waals surface area (Å²) in [6.45, 7) is 8.38. The number of carbonyl (C=O) groups is 1. The van der Waals surface area contributed by atoms with Crippen LogP contribution in [0, 0.1) is 0 Å². The summed E-state index contributed by atoms with van der Waals surface area (Å²) in [5.74, 6) is 0.864. The van der Waals surface area contributed by atoms with Crippen LogP contribution in [0.4, 0.5) is 0 Å². The molecule has 0 bridgehead atoms. The van der Waals surface area contributed by atoms with Gasteiger partial charge in [0.1, 0.15) is 11.9 Å². The summed E-state index contributed by atoms with van der Waals surface area (Å²) in [7, 11) is 0. The molecule has 1 amide bonds. The van der Waals surface area contributed by atoms with Gasteiger partial charge in [0.25, 0.3) is 5.91 Å². The van der Waals surface area contributed by atoms with Gasteiger partial charge in [-0.25, -0.2) is 0 Å². The third-order valence-electron chi connectivity index (χ3n) is 6.92. The number of likely N-dealkylation sites (tertiary alicyclic amines) is 2. The molecule has 0 radical (unpaired) electrons. The number of benzene rings is 2. The van der Waals surface area contributed by atoms with Crippen LogP contribution in [0.25, 0.3) is 0 Å². The number of hydrogen-bond acceptors (Lipinski definition) is 4. The van der Waals surface area contributed by atoms with Gasteiger partial charge < -0.3 is 15.0 Å². The van der Waals surface area contributed by atoms with Gasteiger partial charge in [-0.05, 0) is 75.0 Å². The van der Waals surface area contributed by atoms with Gasteiger partial charge in [-0.15, -0.1) is 0 Å². The highest BCUT2D eigenvalue weighted by Crippen LogP contribution is 2.20. The van der Waals surface area contributed by atoms with Crippen LogP contribution in [0.5, 0.6) is 5.75 Å². The predicted octanol–water partition coefficient (Wildman–Crippen LogP) is 3.99. The second-order valence-electron chi connectivity index (χ2n) is 9.05. The fourth-order valence-corrected chi connectivity index (χ4v) is 4.92. The first-order valence-electron chi connectivity index (χ1n) is 12.3. The Balaban J connectivity index is 1.17. The van der Waals surface area contributed by atoms with Crippen LogP contribution in [-0.4, -0.2) is 67.1 Å². The van der Waals surface area contributed by atoms with E-state index >= 15 is 0 Å². The van der Waals surface area contributed by atoms with E-state index in [0.717, 1.165) is 64.3 Å². The Hall–Kier alpha value is -2.37. The quantitative estimate of drug-likeness (QED) is 0.647. The number of carbonyl (C=O) groups excluding carboxylic acids is 1. The fraction of sp³-hybridized carbons (Fsp3) is 0.519. The molecule has 0 aromatic heterocycles. The Morgan fingerprint density at radius 3 is 2.47 bits per heavy atom. The molecule has 0 spiro atoms. The molecule has 2 aliphatic heterocycles. The van der Waals surface area contributed by atoms with Crippen LogP contribution in [-0.2, 0) is 6.42 Å². The molecule has 172 valence electrons. The van der Waals surface area contributed by atoms with Crippen molar-refractivity contribution in [2.45, 2.75) is 51.2 Å². The maximum absolute atomic E-state index is 12.5. The van der Waals surface area contributed by atoms with Crippen molar-refractivity contribution in [3.8, 4) is 5.75 Å². The number of nitrogens with one attached hydrogen (secondary N) is 1. The van der Waals surface area contributed by atoms with Crippen LogP contribution >= 0.6 is 0 Å². The molecule has 4 rings (SSSR count). The predicted molar refractivity (Wildman–Crippen MR) is 129 cm³/mol. The molecule has 0 saturated carbocycles. The Morgan fingerprint density at radius 2 is 1.75 bits per heavy atom. The van der Waals surface area contributed by atoms with E-state index in [1.807, 2.05) is 24.3 Å². The summed E-state index contributed by atoms with van der Waals surface area (Å²) in [6.07, 6.45) is 5.86. The van der Waals surface area contributed by atoms with Gasteiger partial charge in [0.2, 0.25) is 0 Å². The zero-order chi connectivity index (χ0) is 22.2. The summed E-state index contributed by atoms with van der Waals surface area (Å²) >= 11 is 0. The van der Waals surface area contributed by atoms with E-state index in [1.54, 1.807) is 0 Å². The summed E-state index contributed by atoms with van der Waals surface area (Å²) in [5.41, 5.74) is 2.11. The molecule has 0 aliphatic carbocycles.